The van der Waals surface area contributed by atoms with Gasteiger partial charge in [0.15, 0.2) is 0 Å². The van der Waals surface area contributed by atoms with Gasteiger partial charge in [-0.15, -0.1) is 0 Å². The fraction of sp³-hybridized carbons (Fsp3) is 0.273. The molecule has 0 bridgehead atoms. The minimum Gasteiger partial charge on any atom is -0.508 e. The molecule has 16 heavy (non-hydrogen) atoms. The number of benzene rings is 1. The van der Waals surface area contributed by atoms with Gasteiger partial charge in [0.1, 0.15) is 11.8 Å². The Balaban J connectivity index is 2.05. The molecule has 1 heterocycles. The first-order valence-corrected chi connectivity index (χ1v) is 5.04. The second kappa shape index (κ2) is 4.22. The number of anilines is 1. The highest BCUT2D eigenvalue weighted by atomic mass is 16.3. The molecular weight excluding hydrogens is 208 g/mol. The van der Waals surface area contributed by atoms with Gasteiger partial charge < -0.3 is 10.4 Å². The molecule has 0 radical (unpaired) electrons. The molecule has 1 aliphatic rings. The summed E-state index contributed by atoms with van der Waals surface area (Å²) < 4.78 is 0. The van der Waals surface area contributed by atoms with Gasteiger partial charge in [0.25, 0.3) is 0 Å². The van der Waals surface area contributed by atoms with Crippen molar-refractivity contribution >= 4 is 17.5 Å². The number of hydrogen-bond acceptors (Lipinski definition) is 4. The number of piperidine rings is 1. The summed E-state index contributed by atoms with van der Waals surface area (Å²) in [6.45, 7) is 0. The Morgan fingerprint density at radius 2 is 2.19 bits per heavy atom. The standard InChI is InChI=1S/C11H12N2O3/c14-8-3-1-2-7(6-8)12-9-4-5-10(15)13-11(9)16/h1-3,6,9,12,14H,4-5H2,(H,13,15,16). The maximum Gasteiger partial charge on any atom is 0.249 e. The summed E-state index contributed by atoms with van der Waals surface area (Å²) in [5.74, 6) is -0.421. The highest BCUT2D eigenvalue weighted by Gasteiger charge is 2.26. The predicted molar refractivity (Wildman–Crippen MR) is 57.9 cm³/mol. The Hall–Kier alpha value is -2.04. The molecule has 0 spiro atoms. The van der Waals surface area contributed by atoms with E-state index in [2.05, 4.69) is 10.6 Å². The lowest BCUT2D eigenvalue weighted by Gasteiger charge is -2.22. The van der Waals surface area contributed by atoms with E-state index in [9.17, 15) is 14.7 Å². The molecule has 2 amide bonds. The lowest BCUT2D eigenvalue weighted by Crippen LogP contribution is -2.47. The first-order valence-electron chi connectivity index (χ1n) is 5.04. The third kappa shape index (κ3) is 2.31. The van der Waals surface area contributed by atoms with E-state index in [1.54, 1.807) is 18.2 Å². The zero-order chi connectivity index (χ0) is 11.5. The lowest BCUT2D eigenvalue weighted by molar-refractivity contribution is -0.133. The molecule has 0 aliphatic carbocycles. The number of phenols is 1. The van der Waals surface area contributed by atoms with Crippen molar-refractivity contribution in [2.45, 2.75) is 18.9 Å². The Morgan fingerprint density at radius 1 is 1.38 bits per heavy atom. The van der Waals surface area contributed by atoms with Gasteiger partial charge in [-0.05, 0) is 18.6 Å². The van der Waals surface area contributed by atoms with Gasteiger partial charge in [0.2, 0.25) is 11.8 Å². The highest BCUT2D eigenvalue weighted by molar-refractivity contribution is 6.01. The number of imide groups is 1. The quantitative estimate of drug-likeness (QED) is 0.638. The maximum absolute atomic E-state index is 11.4. The van der Waals surface area contributed by atoms with E-state index in [-0.39, 0.29) is 17.6 Å². The van der Waals surface area contributed by atoms with Crippen molar-refractivity contribution in [3.63, 3.8) is 0 Å². The van der Waals surface area contributed by atoms with Crippen LogP contribution in [0.25, 0.3) is 0 Å². The topological polar surface area (TPSA) is 78.4 Å². The van der Waals surface area contributed by atoms with Crippen LogP contribution in [-0.4, -0.2) is 23.0 Å². The number of carbonyl (C=O) groups is 2. The van der Waals surface area contributed by atoms with Crippen molar-refractivity contribution in [1.82, 2.24) is 5.32 Å². The Bertz CT molecular complexity index is 431. The second-order valence-electron chi connectivity index (χ2n) is 3.70. The van der Waals surface area contributed by atoms with Crippen molar-refractivity contribution in [1.29, 1.82) is 0 Å². The third-order valence-corrected chi connectivity index (χ3v) is 2.43. The molecule has 3 N–H and O–H groups in total. The highest BCUT2D eigenvalue weighted by Crippen LogP contribution is 2.18. The van der Waals surface area contributed by atoms with Crippen LogP contribution in [0.1, 0.15) is 12.8 Å². The Labute approximate surface area is 92.5 Å². The Kier molecular flexibility index (Phi) is 2.76. The number of nitrogens with one attached hydrogen (secondary N) is 2. The summed E-state index contributed by atoms with van der Waals surface area (Å²) in [6, 6.07) is 6.10. The molecule has 0 aromatic heterocycles. The maximum atomic E-state index is 11.4. The average molecular weight is 220 g/mol. The molecule has 1 atom stereocenters. The summed E-state index contributed by atoms with van der Waals surface area (Å²) in [7, 11) is 0. The third-order valence-electron chi connectivity index (χ3n) is 2.43. The molecule has 1 fully saturated rings. The van der Waals surface area contributed by atoms with Gasteiger partial charge >= 0.3 is 0 Å². The van der Waals surface area contributed by atoms with Crippen LogP contribution in [0.5, 0.6) is 5.75 Å². The number of phenolic OH excluding ortho intramolecular Hbond substituents is 1. The summed E-state index contributed by atoms with van der Waals surface area (Å²) in [6.07, 6.45) is 0.808. The largest absolute Gasteiger partial charge is 0.508 e. The van der Waals surface area contributed by atoms with Crippen molar-refractivity contribution in [2.24, 2.45) is 0 Å². The number of aromatic hydroxyl groups is 1. The SMILES string of the molecule is O=C1CCC(Nc2cccc(O)c2)C(=O)N1. The van der Waals surface area contributed by atoms with Crippen LogP contribution in [0.2, 0.25) is 0 Å². The van der Waals surface area contributed by atoms with Gasteiger partial charge in [-0.1, -0.05) is 6.07 Å². The smallest absolute Gasteiger partial charge is 0.249 e. The molecule has 1 unspecified atom stereocenters. The van der Waals surface area contributed by atoms with Crippen molar-refractivity contribution in [3.8, 4) is 5.75 Å². The van der Waals surface area contributed by atoms with Crippen LogP contribution in [0, 0.1) is 0 Å². The summed E-state index contributed by atoms with van der Waals surface area (Å²) in [5.41, 5.74) is 0.662. The fourth-order valence-electron chi connectivity index (χ4n) is 1.63. The van der Waals surface area contributed by atoms with Crippen molar-refractivity contribution in [3.05, 3.63) is 24.3 Å². The van der Waals surface area contributed by atoms with E-state index in [0.29, 0.717) is 18.5 Å². The fourth-order valence-corrected chi connectivity index (χ4v) is 1.63. The van der Waals surface area contributed by atoms with Gasteiger partial charge in [-0.3, -0.25) is 14.9 Å². The van der Waals surface area contributed by atoms with E-state index in [1.807, 2.05) is 0 Å². The molecule has 1 aromatic carbocycles. The number of hydrogen-bond donors (Lipinski definition) is 3. The molecule has 5 heteroatoms. The van der Waals surface area contributed by atoms with E-state index in [1.165, 1.54) is 6.07 Å². The van der Waals surface area contributed by atoms with Gasteiger partial charge in [0.05, 0.1) is 0 Å². The summed E-state index contributed by atoms with van der Waals surface area (Å²) >= 11 is 0. The summed E-state index contributed by atoms with van der Waals surface area (Å²) in [4.78, 5) is 22.4. The van der Waals surface area contributed by atoms with Gasteiger partial charge in [-0.25, -0.2) is 0 Å². The normalized spacial score (nSPS) is 20.4. The zero-order valence-electron chi connectivity index (χ0n) is 8.56. The molecule has 2 rings (SSSR count). The van der Waals surface area contributed by atoms with Gasteiger partial charge in [0, 0.05) is 18.2 Å². The van der Waals surface area contributed by atoms with Crippen LogP contribution in [0.3, 0.4) is 0 Å². The van der Waals surface area contributed by atoms with E-state index in [4.69, 9.17) is 0 Å². The van der Waals surface area contributed by atoms with Crippen molar-refractivity contribution in [2.75, 3.05) is 5.32 Å². The molecule has 1 saturated heterocycles. The monoisotopic (exact) mass is 220 g/mol. The lowest BCUT2D eigenvalue weighted by atomic mass is 10.1. The summed E-state index contributed by atoms with van der Waals surface area (Å²) in [5, 5.41) is 14.5. The van der Waals surface area contributed by atoms with Crippen LogP contribution in [0.15, 0.2) is 24.3 Å². The number of rotatable bonds is 2. The van der Waals surface area contributed by atoms with Gasteiger partial charge in [-0.2, -0.15) is 0 Å². The molecular formula is C11H12N2O3. The number of carbonyl (C=O) groups excluding carboxylic acids is 2. The van der Waals surface area contributed by atoms with Crippen LogP contribution in [-0.2, 0) is 9.59 Å². The number of amides is 2. The minimum absolute atomic E-state index is 0.136. The molecule has 0 saturated carbocycles. The second-order valence-corrected chi connectivity index (χ2v) is 3.70. The van der Waals surface area contributed by atoms with Crippen LogP contribution < -0.4 is 10.6 Å². The zero-order valence-corrected chi connectivity index (χ0v) is 8.56. The van der Waals surface area contributed by atoms with Crippen molar-refractivity contribution < 1.29 is 14.7 Å². The molecule has 1 aliphatic heterocycles. The van der Waals surface area contributed by atoms with E-state index < -0.39 is 6.04 Å². The van der Waals surface area contributed by atoms with Crippen LogP contribution >= 0.6 is 0 Å². The average Bonchev–Trinajstić information content (AvgIpc) is 2.22. The molecule has 5 nitrogen and oxygen atoms in total. The molecule has 84 valence electrons. The minimum atomic E-state index is -0.417. The van der Waals surface area contributed by atoms with E-state index in [0.717, 1.165) is 0 Å². The molecule has 1 aromatic rings. The first kappa shape index (κ1) is 10.5. The van der Waals surface area contributed by atoms with Crippen LogP contribution in [0.4, 0.5) is 5.69 Å². The first-order chi connectivity index (χ1) is 7.65. The predicted octanol–water partition coefficient (Wildman–Crippen LogP) is 0.609. The van der Waals surface area contributed by atoms with E-state index >= 15 is 0 Å². The Morgan fingerprint density at radius 3 is 2.88 bits per heavy atom.